The van der Waals surface area contributed by atoms with Crippen LogP contribution in [-0.2, 0) is 0 Å². The number of hydrogen-bond donors (Lipinski definition) is 0. The fourth-order valence-corrected chi connectivity index (χ4v) is 30.3. The van der Waals surface area contributed by atoms with Crippen molar-refractivity contribution in [1.29, 1.82) is 0 Å². The molecule has 3 aliphatic heterocycles. The van der Waals surface area contributed by atoms with Crippen LogP contribution in [0.2, 0.25) is 11.6 Å². The Morgan fingerprint density at radius 1 is 0.850 bits per heavy atom. The van der Waals surface area contributed by atoms with Crippen LogP contribution >= 0.6 is 23.5 Å². The molecule has 3 fully saturated rings. The van der Waals surface area contributed by atoms with Crippen molar-refractivity contribution in [2.45, 2.75) is 47.8 Å². The molecule has 4 unspecified atom stereocenters. The number of hydrogen-bond acceptors (Lipinski definition) is 2. The van der Waals surface area contributed by atoms with Gasteiger partial charge in [-0.05, 0) is 0 Å². The Labute approximate surface area is 175 Å². The summed E-state index contributed by atoms with van der Waals surface area (Å²) in [5.41, 5.74) is 0. The summed E-state index contributed by atoms with van der Waals surface area (Å²) < 4.78 is 7.63. The van der Waals surface area contributed by atoms with Gasteiger partial charge in [0, 0.05) is 0 Å². The second kappa shape index (κ2) is 9.32. The van der Waals surface area contributed by atoms with Gasteiger partial charge in [-0.25, -0.2) is 0 Å². The van der Waals surface area contributed by atoms with E-state index in [9.17, 15) is 0 Å². The molecule has 0 radical (unpaired) electrons. The van der Waals surface area contributed by atoms with Crippen LogP contribution < -0.4 is 0 Å². The molecule has 0 N–H and O–H groups in total. The van der Waals surface area contributed by atoms with Gasteiger partial charge in [-0.3, -0.25) is 0 Å². The Balaban J connectivity index is 1.38. The van der Waals surface area contributed by atoms with Gasteiger partial charge in [-0.2, -0.15) is 0 Å². The molecule has 0 amide bonds. The zero-order valence-corrected chi connectivity index (χ0v) is 22.5. The zero-order chi connectivity index (χ0) is 13.9. The van der Waals surface area contributed by atoms with Crippen LogP contribution in [0.5, 0.6) is 0 Å². The van der Waals surface area contributed by atoms with Gasteiger partial charge in [0.25, 0.3) is 0 Å². The average molecular weight is 731 g/mol. The van der Waals surface area contributed by atoms with E-state index < -0.39 is 0 Å². The van der Waals surface area contributed by atoms with Crippen LogP contribution in [0.1, 0.15) is 25.7 Å². The predicted molar refractivity (Wildman–Crippen MR) is 102 cm³/mol. The molecule has 20 heavy (non-hydrogen) atoms. The van der Waals surface area contributed by atoms with Crippen LogP contribution in [0, 0.1) is 0 Å². The van der Waals surface area contributed by atoms with Crippen molar-refractivity contribution in [3.05, 3.63) is 0 Å². The monoisotopic (exact) mass is 738 g/mol. The fourth-order valence-electron chi connectivity index (χ4n) is 2.07. The molecule has 0 aromatic heterocycles. The van der Waals surface area contributed by atoms with Gasteiger partial charge in [0.1, 0.15) is 0 Å². The molecular weight excluding hydrogens is 712 g/mol. The van der Waals surface area contributed by atoms with Gasteiger partial charge >= 0.3 is 178 Å². The van der Waals surface area contributed by atoms with E-state index in [0.29, 0.717) is 0 Å². The third kappa shape index (κ3) is 7.22. The van der Waals surface area contributed by atoms with Crippen LogP contribution in [0.4, 0.5) is 0 Å². The molecule has 3 saturated heterocycles. The molecule has 0 nitrogen and oxygen atoms in total. The summed E-state index contributed by atoms with van der Waals surface area (Å²) in [7, 11) is 0. The second-order valence-electron chi connectivity index (χ2n) is 5.25. The Kier molecular flexibility index (Phi) is 8.56. The Morgan fingerprint density at radius 2 is 1.30 bits per heavy atom. The standard InChI is InChI=1S/C13H18S2Se3Te2/c19-10(1-8-5-14-8)3-12-16-7-17-13(18-12)4-11(20)2-9-6-15-9/h8-9,12-13H,1-7H2. The molecule has 0 bridgehead atoms. The average Bonchev–Trinajstić information content (AvgIpc) is 3.26. The van der Waals surface area contributed by atoms with Gasteiger partial charge in [0.2, 0.25) is 0 Å². The van der Waals surface area contributed by atoms with Crippen LogP contribution in [0.3, 0.4) is 0 Å². The molecule has 0 aromatic carbocycles. The summed E-state index contributed by atoms with van der Waals surface area (Å²) in [6, 6.07) is 0. The van der Waals surface area contributed by atoms with Gasteiger partial charge in [0.05, 0.1) is 0 Å². The van der Waals surface area contributed by atoms with E-state index in [-0.39, 0.29) is 0 Å². The SMILES string of the molecule is [Te]=C(CC1CS1)CC1[Se]C[Se]C(CC(=[Te])CC2CS2)[Se]1. The van der Waals surface area contributed by atoms with Crippen molar-refractivity contribution >= 4 is 119 Å². The topological polar surface area (TPSA) is 0 Å². The normalized spacial score (nSPS) is 35.6. The molecule has 0 aliphatic carbocycles. The maximum absolute atomic E-state index is 2.37. The molecule has 3 heterocycles. The maximum atomic E-state index is 2.37. The molecule has 3 aliphatic rings. The van der Waals surface area contributed by atoms with E-state index in [1.165, 1.54) is 37.2 Å². The van der Waals surface area contributed by atoms with E-state index in [4.69, 9.17) is 0 Å². The second-order valence-corrected chi connectivity index (χ2v) is 24.0. The van der Waals surface area contributed by atoms with E-state index in [1.54, 1.807) is 4.22 Å². The minimum atomic E-state index is 0.970. The quantitative estimate of drug-likeness (QED) is 0.275. The minimum absolute atomic E-state index is 0.970. The summed E-state index contributed by atoms with van der Waals surface area (Å²) in [5, 5.41) is 2.04. The zero-order valence-electron chi connectivity index (χ0n) is 11.1. The van der Waals surface area contributed by atoms with E-state index in [1.807, 2.05) is 7.10 Å². The van der Waals surface area contributed by atoms with E-state index >= 15 is 0 Å². The number of rotatable bonds is 8. The third-order valence-electron chi connectivity index (χ3n) is 3.32. The van der Waals surface area contributed by atoms with Crippen molar-refractivity contribution in [3.8, 4) is 0 Å². The van der Waals surface area contributed by atoms with Crippen molar-refractivity contribution in [1.82, 2.24) is 0 Å². The first-order valence-electron chi connectivity index (χ1n) is 6.84. The summed E-state index contributed by atoms with van der Waals surface area (Å²) in [5.74, 6) is 2.89. The van der Waals surface area contributed by atoms with Gasteiger partial charge in [0.15, 0.2) is 0 Å². The van der Waals surface area contributed by atoms with E-state index in [2.05, 4.69) is 67.2 Å². The molecule has 0 saturated carbocycles. The van der Waals surface area contributed by atoms with Crippen molar-refractivity contribution < 1.29 is 0 Å². The summed E-state index contributed by atoms with van der Waals surface area (Å²) in [6.45, 7) is 0. The van der Waals surface area contributed by atoms with Crippen molar-refractivity contribution in [2.75, 3.05) is 11.5 Å². The van der Waals surface area contributed by atoms with Crippen LogP contribution in [0.25, 0.3) is 0 Å². The van der Waals surface area contributed by atoms with Crippen LogP contribution in [0.15, 0.2) is 0 Å². The molecule has 0 aromatic rings. The predicted octanol–water partition coefficient (Wildman–Crippen LogP) is 1.45. The molecular formula is C13H18S2Se3Te2. The summed E-state index contributed by atoms with van der Waals surface area (Å²) in [6.07, 6.45) is 5.90. The first kappa shape index (κ1) is 18.4. The third-order valence-corrected chi connectivity index (χ3v) is 20.3. The van der Waals surface area contributed by atoms with Crippen molar-refractivity contribution in [2.24, 2.45) is 0 Å². The Hall–Kier alpha value is 3.58. The molecule has 7 heteroatoms. The summed E-state index contributed by atoms with van der Waals surface area (Å²) in [4.78, 5) is 0. The van der Waals surface area contributed by atoms with Crippen molar-refractivity contribution in [3.63, 3.8) is 0 Å². The Morgan fingerprint density at radius 3 is 1.70 bits per heavy atom. The van der Waals surface area contributed by atoms with Crippen LogP contribution in [-0.4, -0.2) is 118 Å². The van der Waals surface area contributed by atoms with E-state index in [0.717, 1.165) is 62.8 Å². The number of thioether (sulfide) groups is 2. The molecule has 4 atom stereocenters. The van der Waals surface area contributed by atoms with Gasteiger partial charge < -0.3 is 0 Å². The van der Waals surface area contributed by atoms with Gasteiger partial charge in [-0.1, -0.05) is 0 Å². The Bertz CT molecular complexity index is 352. The summed E-state index contributed by atoms with van der Waals surface area (Å²) >= 11 is 12.0. The molecule has 3 rings (SSSR count). The fraction of sp³-hybridized carbons (Fsp3) is 0.846. The van der Waals surface area contributed by atoms with Gasteiger partial charge in [-0.15, -0.1) is 0 Å². The first-order chi connectivity index (χ1) is 9.69. The first-order valence-corrected chi connectivity index (χ1v) is 17.6. The molecule has 0 spiro atoms. The molecule has 112 valence electrons.